The van der Waals surface area contributed by atoms with Gasteiger partial charge in [0.25, 0.3) is 0 Å². The van der Waals surface area contributed by atoms with Crippen molar-refractivity contribution in [3.63, 3.8) is 0 Å². The smallest absolute Gasteiger partial charge is 0.131 e. The SMILES string of the molecule is Cc1cc(Nc2cccc(Cl)c2Cl)nc2ccccc12. The summed E-state index contributed by atoms with van der Waals surface area (Å²) < 4.78 is 0. The number of pyridine rings is 1. The number of nitrogens with zero attached hydrogens (tertiary/aromatic N) is 1. The van der Waals surface area contributed by atoms with Gasteiger partial charge in [-0.05, 0) is 36.8 Å². The van der Waals surface area contributed by atoms with Crippen LogP contribution in [0.5, 0.6) is 0 Å². The highest BCUT2D eigenvalue weighted by molar-refractivity contribution is 6.43. The molecule has 0 radical (unpaired) electrons. The van der Waals surface area contributed by atoms with Gasteiger partial charge in [-0.25, -0.2) is 4.98 Å². The molecule has 0 aliphatic rings. The highest BCUT2D eigenvalue weighted by Gasteiger charge is 2.07. The van der Waals surface area contributed by atoms with Crippen molar-refractivity contribution in [3.8, 4) is 0 Å². The van der Waals surface area contributed by atoms with Crippen molar-refractivity contribution in [2.75, 3.05) is 5.32 Å². The number of fused-ring (bicyclic) bond motifs is 1. The van der Waals surface area contributed by atoms with Crippen LogP contribution in [0.4, 0.5) is 11.5 Å². The molecule has 0 bridgehead atoms. The molecule has 3 rings (SSSR count). The third kappa shape index (κ3) is 2.45. The zero-order valence-corrected chi connectivity index (χ0v) is 12.3. The summed E-state index contributed by atoms with van der Waals surface area (Å²) in [4.78, 5) is 4.59. The lowest BCUT2D eigenvalue weighted by Crippen LogP contribution is -1.96. The van der Waals surface area contributed by atoms with E-state index < -0.39 is 0 Å². The molecule has 100 valence electrons. The first-order valence-corrected chi connectivity index (χ1v) is 6.98. The van der Waals surface area contributed by atoms with Gasteiger partial charge in [0.1, 0.15) is 5.82 Å². The Morgan fingerprint density at radius 2 is 1.80 bits per heavy atom. The van der Waals surface area contributed by atoms with E-state index in [9.17, 15) is 0 Å². The van der Waals surface area contributed by atoms with E-state index in [0.29, 0.717) is 10.0 Å². The van der Waals surface area contributed by atoms with Crippen LogP contribution in [0.15, 0.2) is 48.5 Å². The normalized spacial score (nSPS) is 10.8. The van der Waals surface area contributed by atoms with Gasteiger partial charge in [0.05, 0.1) is 21.2 Å². The van der Waals surface area contributed by atoms with Crippen molar-refractivity contribution in [1.29, 1.82) is 0 Å². The quantitative estimate of drug-likeness (QED) is 0.667. The zero-order chi connectivity index (χ0) is 14.1. The Hall–Kier alpha value is -1.77. The Morgan fingerprint density at radius 3 is 2.65 bits per heavy atom. The van der Waals surface area contributed by atoms with Crippen LogP contribution in [-0.4, -0.2) is 4.98 Å². The van der Waals surface area contributed by atoms with Gasteiger partial charge in [-0.2, -0.15) is 0 Å². The van der Waals surface area contributed by atoms with Crippen LogP contribution in [0.25, 0.3) is 10.9 Å². The lowest BCUT2D eigenvalue weighted by Gasteiger charge is -2.11. The average molecular weight is 303 g/mol. The Labute approximate surface area is 127 Å². The number of para-hydroxylation sites is 1. The molecule has 0 spiro atoms. The largest absolute Gasteiger partial charge is 0.339 e. The van der Waals surface area contributed by atoms with Crippen molar-refractivity contribution < 1.29 is 0 Å². The minimum absolute atomic E-state index is 0.502. The molecule has 20 heavy (non-hydrogen) atoms. The predicted octanol–water partition coefficient (Wildman–Crippen LogP) is 5.59. The van der Waals surface area contributed by atoms with E-state index in [4.69, 9.17) is 23.2 Å². The van der Waals surface area contributed by atoms with Gasteiger partial charge >= 0.3 is 0 Å². The number of aromatic nitrogens is 1. The molecule has 0 aliphatic carbocycles. The highest BCUT2D eigenvalue weighted by atomic mass is 35.5. The summed E-state index contributed by atoms with van der Waals surface area (Å²) in [6, 6.07) is 15.5. The summed E-state index contributed by atoms with van der Waals surface area (Å²) >= 11 is 12.2. The number of hydrogen-bond acceptors (Lipinski definition) is 2. The van der Waals surface area contributed by atoms with Crippen LogP contribution >= 0.6 is 23.2 Å². The Kier molecular flexibility index (Phi) is 3.51. The van der Waals surface area contributed by atoms with Gasteiger partial charge in [-0.1, -0.05) is 47.5 Å². The molecule has 1 aromatic heterocycles. The molecule has 3 aromatic rings. The molecule has 0 saturated carbocycles. The predicted molar refractivity (Wildman–Crippen MR) is 86.2 cm³/mol. The van der Waals surface area contributed by atoms with Gasteiger partial charge in [-0.15, -0.1) is 0 Å². The molecule has 1 N–H and O–H groups in total. The fourth-order valence-electron chi connectivity index (χ4n) is 2.15. The number of anilines is 2. The van der Waals surface area contributed by atoms with Gasteiger partial charge in [0.15, 0.2) is 0 Å². The lowest BCUT2D eigenvalue weighted by molar-refractivity contribution is 1.34. The second kappa shape index (κ2) is 5.31. The molecule has 4 heteroatoms. The van der Waals surface area contributed by atoms with Crippen LogP contribution in [0, 0.1) is 6.92 Å². The second-order valence-electron chi connectivity index (χ2n) is 4.57. The molecule has 2 aromatic carbocycles. The van der Waals surface area contributed by atoms with Crippen molar-refractivity contribution in [2.24, 2.45) is 0 Å². The summed E-state index contributed by atoms with van der Waals surface area (Å²) in [6.45, 7) is 2.06. The third-order valence-corrected chi connectivity index (χ3v) is 3.96. The van der Waals surface area contributed by atoms with Crippen molar-refractivity contribution in [2.45, 2.75) is 6.92 Å². The standard InChI is InChI=1S/C16H12Cl2N2/c1-10-9-15(19-13-7-3-2-5-11(10)13)20-14-8-4-6-12(17)16(14)18/h2-9H,1H3,(H,19,20). The van der Waals surface area contributed by atoms with Gasteiger partial charge in [-0.3, -0.25) is 0 Å². The Morgan fingerprint density at radius 1 is 1.00 bits per heavy atom. The first kappa shape index (κ1) is 13.2. The number of hydrogen-bond donors (Lipinski definition) is 1. The van der Waals surface area contributed by atoms with Crippen LogP contribution < -0.4 is 5.32 Å². The molecule has 1 heterocycles. The minimum Gasteiger partial charge on any atom is -0.339 e. The molecule has 0 saturated heterocycles. The maximum atomic E-state index is 6.18. The van der Waals surface area contributed by atoms with E-state index in [2.05, 4.69) is 23.3 Å². The van der Waals surface area contributed by atoms with Crippen molar-refractivity contribution >= 4 is 45.6 Å². The molecule has 0 aliphatic heterocycles. The van der Waals surface area contributed by atoms with Gasteiger partial charge in [0.2, 0.25) is 0 Å². The van der Waals surface area contributed by atoms with Gasteiger partial charge < -0.3 is 5.32 Å². The van der Waals surface area contributed by atoms with E-state index >= 15 is 0 Å². The van der Waals surface area contributed by atoms with Crippen LogP contribution in [0.3, 0.4) is 0 Å². The van der Waals surface area contributed by atoms with E-state index in [0.717, 1.165) is 28.0 Å². The number of benzene rings is 2. The first-order valence-electron chi connectivity index (χ1n) is 6.22. The van der Waals surface area contributed by atoms with Gasteiger partial charge in [0, 0.05) is 5.39 Å². The number of aryl methyl sites for hydroxylation is 1. The molecular formula is C16H12Cl2N2. The van der Waals surface area contributed by atoms with Crippen LogP contribution in [0.2, 0.25) is 10.0 Å². The van der Waals surface area contributed by atoms with E-state index in [1.807, 2.05) is 36.4 Å². The molecule has 0 atom stereocenters. The van der Waals surface area contributed by atoms with Crippen molar-refractivity contribution in [3.05, 3.63) is 64.1 Å². The summed E-state index contributed by atoms with van der Waals surface area (Å²) in [5, 5.41) is 5.39. The Bertz CT molecular complexity index is 785. The lowest BCUT2D eigenvalue weighted by atomic mass is 10.1. The minimum atomic E-state index is 0.502. The fourth-order valence-corrected chi connectivity index (χ4v) is 2.50. The maximum Gasteiger partial charge on any atom is 0.131 e. The molecule has 0 amide bonds. The average Bonchev–Trinajstić information content (AvgIpc) is 2.44. The molecule has 2 nitrogen and oxygen atoms in total. The van der Waals surface area contributed by atoms with Crippen LogP contribution in [-0.2, 0) is 0 Å². The van der Waals surface area contributed by atoms with E-state index in [1.165, 1.54) is 0 Å². The van der Waals surface area contributed by atoms with Crippen LogP contribution in [0.1, 0.15) is 5.56 Å². The van der Waals surface area contributed by atoms with E-state index in [1.54, 1.807) is 6.07 Å². The number of nitrogens with one attached hydrogen (secondary N) is 1. The first-order chi connectivity index (χ1) is 9.65. The highest BCUT2D eigenvalue weighted by Crippen LogP contribution is 2.32. The van der Waals surface area contributed by atoms with Crippen molar-refractivity contribution in [1.82, 2.24) is 4.98 Å². The molecular weight excluding hydrogens is 291 g/mol. The molecule has 0 unspecified atom stereocenters. The monoisotopic (exact) mass is 302 g/mol. The third-order valence-electron chi connectivity index (χ3n) is 3.14. The molecule has 0 fully saturated rings. The fraction of sp³-hybridized carbons (Fsp3) is 0.0625. The summed E-state index contributed by atoms with van der Waals surface area (Å²) in [6.07, 6.45) is 0. The second-order valence-corrected chi connectivity index (χ2v) is 5.35. The zero-order valence-electron chi connectivity index (χ0n) is 10.8. The number of halogens is 2. The maximum absolute atomic E-state index is 6.18. The summed E-state index contributed by atoms with van der Waals surface area (Å²) in [5.74, 6) is 0.755. The number of rotatable bonds is 2. The summed E-state index contributed by atoms with van der Waals surface area (Å²) in [5.41, 5.74) is 2.87. The summed E-state index contributed by atoms with van der Waals surface area (Å²) in [7, 11) is 0. The van der Waals surface area contributed by atoms with E-state index in [-0.39, 0.29) is 0 Å². The Balaban J connectivity index is 2.05. The topological polar surface area (TPSA) is 24.9 Å².